The van der Waals surface area contributed by atoms with Crippen molar-refractivity contribution in [3.05, 3.63) is 18.2 Å². The molecule has 2 N–H and O–H groups in total. The van der Waals surface area contributed by atoms with Gasteiger partial charge in [-0.05, 0) is 26.2 Å². The van der Waals surface area contributed by atoms with Gasteiger partial charge in [0.1, 0.15) is 22.8 Å². The molecule has 0 saturated carbocycles. The number of unbranched alkanes of at least 4 members (excludes halogenated alkanes) is 1. The average Bonchev–Trinajstić information content (AvgIpc) is 2.46. The summed E-state index contributed by atoms with van der Waals surface area (Å²) in [6.07, 6.45) is 2.35. The van der Waals surface area contributed by atoms with Gasteiger partial charge in [0, 0.05) is 18.2 Å². The van der Waals surface area contributed by atoms with Crippen LogP contribution in [0.2, 0.25) is 0 Å². The van der Waals surface area contributed by atoms with Gasteiger partial charge >= 0.3 is 0 Å². The summed E-state index contributed by atoms with van der Waals surface area (Å²) in [6.45, 7) is 2.30. The molecule has 0 amide bonds. The molecular weight excluding hydrogens is 256 g/mol. The molecule has 1 aromatic rings. The van der Waals surface area contributed by atoms with Crippen LogP contribution in [-0.4, -0.2) is 26.4 Å². The first-order chi connectivity index (χ1) is 9.50. The molecule has 5 heteroatoms. The molecule has 0 aliphatic heterocycles. The lowest BCUT2D eigenvalue weighted by atomic mass is 9.98. The quantitative estimate of drug-likeness (QED) is 0.739. The molecule has 1 rings (SSSR count). The molecule has 0 radical (unpaired) electrons. The van der Waals surface area contributed by atoms with Gasteiger partial charge in [0.15, 0.2) is 0 Å². The molecule has 5 nitrogen and oxygen atoms in total. The van der Waals surface area contributed by atoms with E-state index in [9.17, 15) is 0 Å². The second-order valence-corrected chi connectivity index (χ2v) is 4.88. The largest absolute Gasteiger partial charge is 0.496 e. The number of benzene rings is 1. The number of nitrogens with zero attached hydrogens (tertiary/aromatic N) is 1. The molecule has 0 aliphatic carbocycles. The first-order valence-electron chi connectivity index (χ1n) is 6.57. The van der Waals surface area contributed by atoms with Crippen molar-refractivity contribution < 1.29 is 14.2 Å². The minimum atomic E-state index is -0.751. The van der Waals surface area contributed by atoms with Crippen LogP contribution in [0.3, 0.4) is 0 Å². The fraction of sp³-hybridized carbons (Fsp3) is 0.533. The number of hydrogen-bond donors (Lipinski definition) is 1. The lowest BCUT2D eigenvalue weighted by Gasteiger charge is -2.15. The van der Waals surface area contributed by atoms with E-state index in [0.717, 1.165) is 12.8 Å². The first kappa shape index (κ1) is 16.1. The van der Waals surface area contributed by atoms with Crippen LogP contribution >= 0.6 is 0 Å². The van der Waals surface area contributed by atoms with Gasteiger partial charge in [0.25, 0.3) is 0 Å². The maximum absolute atomic E-state index is 8.81. The second kappa shape index (κ2) is 7.61. The summed E-state index contributed by atoms with van der Waals surface area (Å²) in [6, 6.07) is 7.50. The Bertz CT molecular complexity index is 444. The molecule has 0 aromatic heterocycles. The number of nitriles is 1. The van der Waals surface area contributed by atoms with Gasteiger partial charge in [-0.2, -0.15) is 5.26 Å². The van der Waals surface area contributed by atoms with E-state index in [1.165, 1.54) is 0 Å². The molecule has 0 fully saturated rings. The van der Waals surface area contributed by atoms with E-state index in [4.69, 9.17) is 25.2 Å². The summed E-state index contributed by atoms with van der Waals surface area (Å²) in [4.78, 5) is 0. The second-order valence-electron chi connectivity index (χ2n) is 4.88. The minimum absolute atomic E-state index is 0.567. The van der Waals surface area contributed by atoms with Gasteiger partial charge in [0.05, 0.1) is 26.9 Å². The molecule has 0 bridgehead atoms. The van der Waals surface area contributed by atoms with Crippen molar-refractivity contribution >= 4 is 0 Å². The van der Waals surface area contributed by atoms with Crippen LogP contribution in [0, 0.1) is 11.3 Å². The third-order valence-corrected chi connectivity index (χ3v) is 2.94. The highest BCUT2D eigenvalue weighted by atomic mass is 16.5. The summed E-state index contributed by atoms with van der Waals surface area (Å²) in [5.74, 6) is 2.09. The normalized spacial score (nSPS) is 13.2. The van der Waals surface area contributed by atoms with E-state index in [1.54, 1.807) is 27.2 Å². The Morgan fingerprint density at radius 2 is 1.65 bits per heavy atom. The maximum Gasteiger partial charge on any atom is 0.126 e. The number of rotatable bonds is 8. The van der Waals surface area contributed by atoms with Gasteiger partial charge < -0.3 is 19.9 Å². The van der Waals surface area contributed by atoms with Crippen LogP contribution in [0.4, 0.5) is 0 Å². The number of ether oxygens (including phenoxy) is 3. The topological polar surface area (TPSA) is 77.5 Å². The van der Waals surface area contributed by atoms with Crippen molar-refractivity contribution in [2.24, 2.45) is 5.73 Å². The lowest BCUT2D eigenvalue weighted by Crippen LogP contribution is -2.33. The zero-order chi connectivity index (χ0) is 15.0. The standard InChI is InChI=1S/C15H22N2O3/c1-15(17,11-16)6-4-5-7-20-14-9-12(18-2)8-13(10-14)19-3/h8-10H,4-7,17H2,1-3H3. The van der Waals surface area contributed by atoms with E-state index in [0.29, 0.717) is 30.3 Å². The molecule has 0 spiro atoms. The Hall–Kier alpha value is -1.93. The van der Waals surface area contributed by atoms with Crippen molar-refractivity contribution in [2.75, 3.05) is 20.8 Å². The summed E-state index contributed by atoms with van der Waals surface area (Å²) in [5.41, 5.74) is 5.00. The summed E-state index contributed by atoms with van der Waals surface area (Å²) in [7, 11) is 3.20. The van der Waals surface area contributed by atoms with Gasteiger partial charge in [0.2, 0.25) is 0 Å². The van der Waals surface area contributed by atoms with Crippen LogP contribution in [0.5, 0.6) is 17.2 Å². The smallest absolute Gasteiger partial charge is 0.126 e. The molecule has 1 unspecified atom stereocenters. The van der Waals surface area contributed by atoms with Gasteiger partial charge in [-0.15, -0.1) is 0 Å². The van der Waals surface area contributed by atoms with E-state index in [-0.39, 0.29) is 0 Å². The molecule has 0 saturated heterocycles. The molecular formula is C15H22N2O3. The average molecular weight is 278 g/mol. The van der Waals surface area contributed by atoms with Crippen molar-refractivity contribution in [3.8, 4) is 23.3 Å². The maximum atomic E-state index is 8.81. The Balaban J connectivity index is 2.41. The van der Waals surface area contributed by atoms with E-state index in [1.807, 2.05) is 12.1 Å². The van der Waals surface area contributed by atoms with Crippen molar-refractivity contribution in [1.29, 1.82) is 5.26 Å². The third-order valence-electron chi connectivity index (χ3n) is 2.94. The predicted molar refractivity (Wildman–Crippen MR) is 77.1 cm³/mol. The molecule has 1 atom stereocenters. The minimum Gasteiger partial charge on any atom is -0.496 e. The fourth-order valence-electron chi connectivity index (χ4n) is 1.70. The predicted octanol–water partition coefficient (Wildman–Crippen LogP) is 2.49. The molecule has 20 heavy (non-hydrogen) atoms. The first-order valence-corrected chi connectivity index (χ1v) is 6.57. The lowest BCUT2D eigenvalue weighted by molar-refractivity contribution is 0.296. The highest BCUT2D eigenvalue weighted by Crippen LogP contribution is 2.27. The molecule has 1 aromatic carbocycles. The van der Waals surface area contributed by atoms with E-state index < -0.39 is 5.54 Å². The summed E-state index contributed by atoms with van der Waals surface area (Å²) >= 11 is 0. The van der Waals surface area contributed by atoms with Crippen molar-refractivity contribution in [2.45, 2.75) is 31.7 Å². The van der Waals surface area contributed by atoms with E-state index >= 15 is 0 Å². The summed E-state index contributed by atoms with van der Waals surface area (Å²) < 4.78 is 16.0. The Kier molecular flexibility index (Phi) is 6.13. The van der Waals surface area contributed by atoms with Gasteiger partial charge in [-0.25, -0.2) is 0 Å². The van der Waals surface area contributed by atoms with Crippen LogP contribution < -0.4 is 19.9 Å². The molecule has 0 heterocycles. The number of nitrogens with two attached hydrogens (primary N) is 1. The zero-order valence-corrected chi connectivity index (χ0v) is 12.3. The Morgan fingerprint density at radius 1 is 1.10 bits per heavy atom. The van der Waals surface area contributed by atoms with Crippen molar-refractivity contribution in [3.63, 3.8) is 0 Å². The Morgan fingerprint density at radius 3 is 2.15 bits per heavy atom. The van der Waals surface area contributed by atoms with Crippen LogP contribution in [0.1, 0.15) is 26.2 Å². The van der Waals surface area contributed by atoms with E-state index in [2.05, 4.69) is 6.07 Å². The highest BCUT2D eigenvalue weighted by molar-refractivity contribution is 5.41. The zero-order valence-electron chi connectivity index (χ0n) is 12.3. The summed E-state index contributed by atoms with van der Waals surface area (Å²) in [5, 5.41) is 8.81. The van der Waals surface area contributed by atoms with Gasteiger partial charge in [-0.1, -0.05) is 0 Å². The number of hydrogen-bond acceptors (Lipinski definition) is 5. The van der Waals surface area contributed by atoms with Crippen LogP contribution in [0.25, 0.3) is 0 Å². The Labute approximate surface area is 120 Å². The fourth-order valence-corrected chi connectivity index (χ4v) is 1.70. The molecule has 110 valence electrons. The third kappa shape index (κ3) is 5.37. The SMILES string of the molecule is COc1cc(OC)cc(OCCCCC(C)(N)C#N)c1. The monoisotopic (exact) mass is 278 g/mol. The van der Waals surface area contributed by atoms with Crippen LogP contribution in [-0.2, 0) is 0 Å². The van der Waals surface area contributed by atoms with Crippen LogP contribution in [0.15, 0.2) is 18.2 Å². The van der Waals surface area contributed by atoms with Gasteiger partial charge in [-0.3, -0.25) is 0 Å². The highest BCUT2D eigenvalue weighted by Gasteiger charge is 2.15. The molecule has 0 aliphatic rings. The number of methoxy groups -OCH3 is 2. The van der Waals surface area contributed by atoms with Crippen molar-refractivity contribution in [1.82, 2.24) is 0 Å².